The third-order valence-corrected chi connectivity index (χ3v) is 7.33. The van der Waals surface area contributed by atoms with Crippen molar-refractivity contribution in [2.75, 3.05) is 9.80 Å². The molecule has 0 atom stereocenters. The number of hydrogen-bond acceptors (Lipinski definition) is 6. The second-order valence-corrected chi connectivity index (χ2v) is 10.5. The van der Waals surface area contributed by atoms with Gasteiger partial charge in [-0.1, -0.05) is 48.5 Å². The van der Waals surface area contributed by atoms with Crippen LogP contribution in [0.4, 0.5) is 11.4 Å². The van der Waals surface area contributed by atoms with E-state index in [4.69, 9.17) is 0 Å². The van der Waals surface area contributed by atoms with Gasteiger partial charge < -0.3 is 9.80 Å². The molecule has 4 heterocycles. The van der Waals surface area contributed by atoms with Crippen LogP contribution in [0.25, 0.3) is 0 Å². The lowest BCUT2D eigenvalue weighted by Gasteiger charge is -2.25. The molecule has 0 aliphatic heterocycles. The van der Waals surface area contributed by atoms with Gasteiger partial charge in [0.05, 0.1) is 49.0 Å². The first-order valence-corrected chi connectivity index (χ1v) is 14.6. The van der Waals surface area contributed by atoms with E-state index >= 15 is 0 Å². The van der Waals surface area contributed by atoms with Crippen LogP contribution in [0.15, 0.2) is 146 Å². The van der Waals surface area contributed by atoms with E-state index in [9.17, 15) is 0 Å². The highest BCUT2D eigenvalue weighted by Crippen LogP contribution is 2.24. The average Bonchev–Trinajstić information content (AvgIpc) is 3.07. The molecule has 0 radical (unpaired) electrons. The Kier molecular flexibility index (Phi) is 9.05. The molecular weight excluding hydrogens is 528 g/mol. The fourth-order valence-corrected chi connectivity index (χ4v) is 5.11. The van der Waals surface area contributed by atoms with Crippen LogP contribution in [-0.4, -0.2) is 19.9 Å². The van der Waals surface area contributed by atoms with Gasteiger partial charge in [0, 0.05) is 36.2 Å². The van der Waals surface area contributed by atoms with E-state index in [0.717, 1.165) is 40.6 Å². The summed E-state index contributed by atoms with van der Waals surface area (Å²) in [6.45, 7) is 2.86. The van der Waals surface area contributed by atoms with Crippen LogP contribution in [0.3, 0.4) is 0 Å². The first-order chi connectivity index (χ1) is 21.3. The Balaban J connectivity index is 1.16. The third kappa shape index (κ3) is 7.89. The molecule has 0 N–H and O–H groups in total. The zero-order valence-corrected chi connectivity index (χ0v) is 24.1. The first kappa shape index (κ1) is 27.8. The van der Waals surface area contributed by atoms with Gasteiger partial charge >= 0.3 is 0 Å². The van der Waals surface area contributed by atoms with Gasteiger partial charge in [-0.25, -0.2) is 0 Å². The van der Waals surface area contributed by atoms with E-state index in [1.54, 1.807) is 0 Å². The fraction of sp³-hybridized carbons (Fsp3) is 0.135. The summed E-state index contributed by atoms with van der Waals surface area (Å²) < 4.78 is 0. The summed E-state index contributed by atoms with van der Waals surface area (Å²) in [7, 11) is 0. The van der Waals surface area contributed by atoms with Crippen molar-refractivity contribution in [1.82, 2.24) is 19.9 Å². The molecule has 2 aromatic carbocycles. The maximum Gasteiger partial charge on any atom is 0.0606 e. The summed E-state index contributed by atoms with van der Waals surface area (Å²) in [6, 6.07) is 41.9. The summed E-state index contributed by atoms with van der Waals surface area (Å²) in [6.07, 6.45) is 8.25. The van der Waals surface area contributed by atoms with Gasteiger partial charge in [-0.3, -0.25) is 19.9 Å². The van der Waals surface area contributed by atoms with Gasteiger partial charge in [-0.15, -0.1) is 0 Å². The molecule has 0 amide bonds. The molecule has 0 unspecified atom stereocenters. The SMILES string of the molecule is c1ccc(CN(Cc2ccccn2)c2ccc(Cc3ccc(N(Cc4ccccn4)Cc4ccccn4)cc3)cc2)nc1. The lowest BCUT2D eigenvalue weighted by molar-refractivity contribution is 0.765. The summed E-state index contributed by atoms with van der Waals surface area (Å²) in [5, 5.41) is 0. The third-order valence-electron chi connectivity index (χ3n) is 7.33. The molecule has 6 heteroatoms. The first-order valence-electron chi connectivity index (χ1n) is 14.6. The minimum atomic E-state index is 0.714. The Morgan fingerprint density at radius 3 is 0.907 bits per heavy atom. The van der Waals surface area contributed by atoms with Crippen LogP contribution >= 0.6 is 0 Å². The monoisotopic (exact) mass is 562 g/mol. The zero-order valence-electron chi connectivity index (χ0n) is 24.1. The summed E-state index contributed by atoms with van der Waals surface area (Å²) in [5.74, 6) is 0. The van der Waals surface area contributed by atoms with E-state index < -0.39 is 0 Å². The highest BCUT2D eigenvalue weighted by molar-refractivity contribution is 5.51. The van der Waals surface area contributed by atoms with Gasteiger partial charge in [0.15, 0.2) is 0 Å². The van der Waals surface area contributed by atoms with E-state index in [0.29, 0.717) is 26.2 Å². The molecule has 0 bridgehead atoms. The predicted octanol–water partition coefficient (Wildman–Crippen LogP) is 7.27. The second-order valence-electron chi connectivity index (χ2n) is 10.5. The van der Waals surface area contributed by atoms with E-state index in [-0.39, 0.29) is 0 Å². The summed E-state index contributed by atoms with van der Waals surface area (Å²) >= 11 is 0. The largest absolute Gasteiger partial charge is 0.360 e. The van der Waals surface area contributed by atoms with Crippen molar-refractivity contribution in [3.8, 4) is 0 Å². The van der Waals surface area contributed by atoms with Crippen molar-refractivity contribution >= 4 is 11.4 Å². The maximum absolute atomic E-state index is 4.55. The van der Waals surface area contributed by atoms with Crippen molar-refractivity contribution in [2.45, 2.75) is 32.6 Å². The van der Waals surface area contributed by atoms with Crippen LogP contribution in [0.2, 0.25) is 0 Å². The molecule has 6 aromatic rings. The molecule has 43 heavy (non-hydrogen) atoms. The van der Waals surface area contributed by atoms with Gasteiger partial charge in [-0.2, -0.15) is 0 Å². The number of hydrogen-bond donors (Lipinski definition) is 0. The molecule has 0 fully saturated rings. The predicted molar refractivity (Wildman–Crippen MR) is 172 cm³/mol. The second kappa shape index (κ2) is 14.0. The fourth-order valence-electron chi connectivity index (χ4n) is 5.11. The average molecular weight is 563 g/mol. The number of aromatic nitrogens is 4. The number of nitrogens with zero attached hydrogens (tertiary/aromatic N) is 6. The minimum absolute atomic E-state index is 0.714. The van der Waals surface area contributed by atoms with Gasteiger partial charge in [-0.05, 0) is 90.3 Å². The number of benzene rings is 2. The molecule has 4 aromatic heterocycles. The number of anilines is 2. The number of rotatable bonds is 12. The molecule has 0 aliphatic carbocycles. The molecule has 0 saturated heterocycles. The van der Waals surface area contributed by atoms with Crippen LogP contribution in [0.1, 0.15) is 33.9 Å². The Morgan fingerprint density at radius 2 is 0.651 bits per heavy atom. The minimum Gasteiger partial charge on any atom is -0.360 e. The van der Waals surface area contributed by atoms with Crippen LogP contribution < -0.4 is 9.80 Å². The van der Waals surface area contributed by atoms with E-state index in [2.05, 4.69) is 103 Å². The number of pyridine rings is 4. The Hall–Kier alpha value is -5.36. The van der Waals surface area contributed by atoms with Crippen molar-refractivity contribution in [3.63, 3.8) is 0 Å². The van der Waals surface area contributed by atoms with Crippen molar-refractivity contribution in [1.29, 1.82) is 0 Å². The lowest BCUT2D eigenvalue weighted by atomic mass is 10.0. The van der Waals surface area contributed by atoms with Crippen molar-refractivity contribution in [3.05, 3.63) is 180 Å². The Labute approximate surface area is 253 Å². The van der Waals surface area contributed by atoms with E-state index in [1.807, 2.05) is 73.3 Å². The standard InChI is InChI=1S/C37H34N6/c1-5-21-38-32(9-1)26-42(27-33-10-2-6-22-39-33)36-17-13-30(14-18-36)25-31-15-19-37(20-16-31)43(28-34-11-3-7-23-40-34)29-35-12-4-8-24-41-35/h1-24H,25-29H2. The molecule has 6 nitrogen and oxygen atoms in total. The molecular formula is C37H34N6. The highest BCUT2D eigenvalue weighted by atomic mass is 15.1. The quantitative estimate of drug-likeness (QED) is 0.156. The van der Waals surface area contributed by atoms with Gasteiger partial charge in [0.25, 0.3) is 0 Å². The van der Waals surface area contributed by atoms with Crippen molar-refractivity contribution < 1.29 is 0 Å². The highest BCUT2D eigenvalue weighted by Gasteiger charge is 2.12. The molecule has 6 rings (SSSR count). The van der Waals surface area contributed by atoms with Crippen LogP contribution in [0.5, 0.6) is 0 Å². The molecule has 212 valence electrons. The smallest absolute Gasteiger partial charge is 0.0606 e. The zero-order chi connectivity index (χ0) is 29.1. The summed E-state index contributed by atoms with van der Waals surface area (Å²) in [4.78, 5) is 22.9. The van der Waals surface area contributed by atoms with Gasteiger partial charge in [0.2, 0.25) is 0 Å². The maximum atomic E-state index is 4.55. The topological polar surface area (TPSA) is 58.0 Å². The molecule has 0 aliphatic rings. The van der Waals surface area contributed by atoms with Crippen molar-refractivity contribution in [2.24, 2.45) is 0 Å². The molecule has 0 saturated carbocycles. The van der Waals surface area contributed by atoms with Crippen LogP contribution in [0, 0.1) is 0 Å². The normalized spacial score (nSPS) is 10.8. The Bertz CT molecular complexity index is 1450. The summed E-state index contributed by atoms with van der Waals surface area (Å²) in [5.41, 5.74) is 8.96. The van der Waals surface area contributed by atoms with E-state index in [1.165, 1.54) is 11.1 Å². The molecule has 0 spiro atoms. The van der Waals surface area contributed by atoms with Gasteiger partial charge in [0.1, 0.15) is 0 Å². The van der Waals surface area contributed by atoms with Crippen LogP contribution in [-0.2, 0) is 32.6 Å². The lowest BCUT2D eigenvalue weighted by Crippen LogP contribution is -2.23. The Morgan fingerprint density at radius 1 is 0.349 bits per heavy atom.